The number of benzene rings is 1. The first kappa shape index (κ1) is 10.9. The molecule has 3 heteroatoms. The van der Waals surface area contributed by atoms with Crippen molar-refractivity contribution >= 4 is 11.8 Å². The van der Waals surface area contributed by atoms with E-state index in [1.807, 2.05) is 24.3 Å². The summed E-state index contributed by atoms with van der Waals surface area (Å²) in [4.78, 5) is 23.0. The van der Waals surface area contributed by atoms with Crippen LogP contribution in [0.1, 0.15) is 28.8 Å². The van der Waals surface area contributed by atoms with Crippen LogP contribution in [0.4, 0.5) is 0 Å². The Morgan fingerprint density at radius 3 is 2.88 bits per heavy atom. The van der Waals surface area contributed by atoms with Crippen molar-refractivity contribution in [3.8, 4) is 0 Å². The zero-order valence-electron chi connectivity index (χ0n) is 9.23. The maximum absolute atomic E-state index is 11.8. The fourth-order valence-electron chi connectivity index (χ4n) is 2.19. The van der Waals surface area contributed by atoms with E-state index in [1.54, 1.807) is 0 Å². The highest BCUT2D eigenvalue weighted by atomic mass is 16.5. The van der Waals surface area contributed by atoms with Gasteiger partial charge in [0, 0.05) is 18.4 Å². The Bertz CT molecular complexity index is 423. The minimum Gasteiger partial charge on any atom is -0.469 e. The van der Waals surface area contributed by atoms with Gasteiger partial charge in [0.25, 0.3) is 0 Å². The number of ether oxygens (including phenoxy) is 1. The van der Waals surface area contributed by atoms with E-state index < -0.39 is 0 Å². The van der Waals surface area contributed by atoms with Gasteiger partial charge in [0.15, 0.2) is 5.78 Å². The lowest BCUT2D eigenvalue weighted by atomic mass is 9.81. The molecule has 3 nitrogen and oxygen atoms in total. The highest BCUT2D eigenvalue weighted by Crippen LogP contribution is 2.27. The van der Waals surface area contributed by atoms with Gasteiger partial charge in [0.05, 0.1) is 7.11 Å². The number of ketones is 1. The van der Waals surface area contributed by atoms with Crippen LogP contribution in [-0.2, 0) is 16.0 Å². The Morgan fingerprint density at radius 1 is 1.38 bits per heavy atom. The number of Topliss-reactive ketones (excluding diaryl/α,β-unsaturated/α-hetero) is 1. The summed E-state index contributed by atoms with van der Waals surface area (Å²) in [5.74, 6) is -0.0113. The monoisotopic (exact) mass is 218 g/mol. The van der Waals surface area contributed by atoms with Crippen LogP contribution < -0.4 is 0 Å². The van der Waals surface area contributed by atoms with Gasteiger partial charge in [-0.2, -0.15) is 0 Å². The number of fused-ring (bicyclic) bond motifs is 1. The SMILES string of the molecule is COC(=O)CC1CC(=O)c2ccccc2C1. The number of carbonyl (C=O) groups excluding carboxylic acids is 2. The third-order valence-corrected chi connectivity index (χ3v) is 2.98. The van der Waals surface area contributed by atoms with Gasteiger partial charge in [-0.3, -0.25) is 9.59 Å². The van der Waals surface area contributed by atoms with Gasteiger partial charge in [-0.25, -0.2) is 0 Å². The van der Waals surface area contributed by atoms with Crippen LogP contribution in [0.5, 0.6) is 0 Å². The van der Waals surface area contributed by atoms with Gasteiger partial charge in [0.1, 0.15) is 0 Å². The maximum Gasteiger partial charge on any atom is 0.305 e. The third-order valence-electron chi connectivity index (χ3n) is 2.98. The van der Waals surface area contributed by atoms with Crippen molar-refractivity contribution in [3.63, 3.8) is 0 Å². The molecule has 0 amide bonds. The second kappa shape index (κ2) is 4.47. The summed E-state index contributed by atoms with van der Waals surface area (Å²) in [6.45, 7) is 0. The van der Waals surface area contributed by atoms with Gasteiger partial charge < -0.3 is 4.74 Å². The Labute approximate surface area is 94.4 Å². The Hall–Kier alpha value is -1.64. The first-order chi connectivity index (χ1) is 7.70. The van der Waals surface area contributed by atoms with Crippen LogP contribution in [-0.4, -0.2) is 18.9 Å². The summed E-state index contributed by atoms with van der Waals surface area (Å²) >= 11 is 0. The zero-order chi connectivity index (χ0) is 11.5. The molecule has 0 aliphatic heterocycles. The molecule has 1 unspecified atom stereocenters. The number of esters is 1. The average Bonchev–Trinajstić information content (AvgIpc) is 2.29. The molecule has 0 N–H and O–H groups in total. The lowest BCUT2D eigenvalue weighted by Crippen LogP contribution is -2.22. The molecule has 0 spiro atoms. The second-order valence-electron chi connectivity index (χ2n) is 4.13. The summed E-state index contributed by atoms with van der Waals surface area (Å²) in [6.07, 6.45) is 1.57. The molecule has 0 aromatic heterocycles. The maximum atomic E-state index is 11.8. The minimum atomic E-state index is -0.239. The number of methoxy groups -OCH3 is 1. The summed E-state index contributed by atoms with van der Waals surface area (Å²) < 4.78 is 4.63. The van der Waals surface area contributed by atoms with Crippen molar-refractivity contribution in [1.29, 1.82) is 0 Å². The van der Waals surface area contributed by atoms with E-state index in [4.69, 9.17) is 0 Å². The molecule has 1 aliphatic carbocycles. The van der Waals surface area contributed by atoms with Crippen LogP contribution in [0.15, 0.2) is 24.3 Å². The standard InChI is InChI=1S/C13H14O3/c1-16-13(15)8-9-6-10-4-2-3-5-11(10)12(14)7-9/h2-5,9H,6-8H2,1H3. The van der Waals surface area contributed by atoms with Gasteiger partial charge in [-0.15, -0.1) is 0 Å². The molecular weight excluding hydrogens is 204 g/mol. The largest absolute Gasteiger partial charge is 0.469 e. The third kappa shape index (κ3) is 2.13. The quantitative estimate of drug-likeness (QED) is 0.713. The lowest BCUT2D eigenvalue weighted by Gasteiger charge is -2.22. The molecule has 0 saturated carbocycles. The summed E-state index contributed by atoms with van der Waals surface area (Å²) in [6, 6.07) is 7.60. The molecule has 1 atom stereocenters. The molecule has 0 radical (unpaired) electrons. The van der Waals surface area contributed by atoms with E-state index >= 15 is 0 Å². The molecule has 1 aromatic rings. The van der Waals surface area contributed by atoms with E-state index in [2.05, 4.69) is 4.74 Å². The molecule has 84 valence electrons. The topological polar surface area (TPSA) is 43.4 Å². The van der Waals surface area contributed by atoms with Crippen molar-refractivity contribution in [2.24, 2.45) is 5.92 Å². The first-order valence-corrected chi connectivity index (χ1v) is 5.38. The molecular formula is C13H14O3. The van der Waals surface area contributed by atoms with E-state index in [9.17, 15) is 9.59 Å². The van der Waals surface area contributed by atoms with E-state index in [0.717, 1.165) is 17.5 Å². The van der Waals surface area contributed by atoms with Crippen LogP contribution in [0.3, 0.4) is 0 Å². The fourth-order valence-corrected chi connectivity index (χ4v) is 2.19. The summed E-state index contributed by atoms with van der Waals surface area (Å²) in [5, 5.41) is 0. The molecule has 0 fully saturated rings. The number of hydrogen-bond acceptors (Lipinski definition) is 3. The Kier molecular flexibility index (Phi) is 3.04. The smallest absolute Gasteiger partial charge is 0.305 e. The van der Waals surface area contributed by atoms with E-state index in [0.29, 0.717) is 12.8 Å². The van der Waals surface area contributed by atoms with Crippen LogP contribution in [0.25, 0.3) is 0 Å². The predicted molar refractivity (Wildman–Crippen MR) is 59.2 cm³/mol. The predicted octanol–water partition coefficient (Wildman–Crippen LogP) is 1.99. The van der Waals surface area contributed by atoms with Crippen molar-refractivity contribution < 1.29 is 14.3 Å². The van der Waals surface area contributed by atoms with Crippen LogP contribution >= 0.6 is 0 Å². The van der Waals surface area contributed by atoms with Crippen molar-refractivity contribution in [2.45, 2.75) is 19.3 Å². The number of hydrogen-bond donors (Lipinski definition) is 0. The lowest BCUT2D eigenvalue weighted by molar-refractivity contribution is -0.141. The zero-order valence-corrected chi connectivity index (χ0v) is 9.23. The highest BCUT2D eigenvalue weighted by Gasteiger charge is 2.26. The van der Waals surface area contributed by atoms with Crippen molar-refractivity contribution in [1.82, 2.24) is 0 Å². The summed E-state index contributed by atoms with van der Waals surface area (Å²) in [7, 11) is 1.38. The van der Waals surface area contributed by atoms with Gasteiger partial charge >= 0.3 is 5.97 Å². The van der Waals surface area contributed by atoms with Gasteiger partial charge in [-0.1, -0.05) is 24.3 Å². The molecule has 0 bridgehead atoms. The first-order valence-electron chi connectivity index (χ1n) is 5.38. The normalized spacial score (nSPS) is 19.1. The van der Waals surface area contributed by atoms with Gasteiger partial charge in [-0.05, 0) is 17.9 Å². The van der Waals surface area contributed by atoms with E-state index in [1.165, 1.54) is 7.11 Å². The van der Waals surface area contributed by atoms with Crippen molar-refractivity contribution in [2.75, 3.05) is 7.11 Å². The Morgan fingerprint density at radius 2 is 2.12 bits per heavy atom. The Balaban J connectivity index is 2.15. The van der Waals surface area contributed by atoms with Crippen LogP contribution in [0.2, 0.25) is 0 Å². The molecule has 1 aliphatic rings. The molecule has 0 heterocycles. The average molecular weight is 218 g/mol. The van der Waals surface area contributed by atoms with Gasteiger partial charge in [0.2, 0.25) is 0 Å². The fraction of sp³-hybridized carbons (Fsp3) is 0.385. The molecule has 16 heavy (non-hydrogen) atoms. The highest BCUT2D eigenvalue weighted by molar-refractivity contribution is 5.98. The van der Waals surface area contributed by atoms with E-state index in [-0.39, 0.29) is 17.7 Å². The van der Waals surface area contributed by atoms with Crippen molar-refractivity contribution in [3.05, 3.63) is 35.4 Å². The summed E-state index contributed by atoms with van der Waals surface area (Å²) in [5.41, 5.74) is 1.86. The molecule has 1 aromatic carbocycles. The second-order valence-corrected chi connectivity index (χ2v) is 4.13. The molecule has 0 saturated heterocycles. The number of carbonyl (C=O) groups is 2. The minimum absolute atomic E-state index is 0.0925. The molecule has 2 rings (SSSR count). The van der Waals surface area contributed by atoms with Crippen LogP contribution in [0, 0.1) is 5.92 Å². The number of rotatable bonds is 2.